The number of hydrogen-bond donors (Lipinski definition) is 2. The maximum absolute atomic E-state index is 6.08. The molecule has 2 aromatic rings. The molecule has 2 rings (SSSR count). The van der Waals surface area contributed by atoms with E-state index in [1.165, 1.54) is 0 Å². The van der Waals surface area contributed by atoms with Gasteiger partial charge in [-0.3, -0.25) is 0 Å². The summed E-state index contributed by atoms with van der Waals surface area (Å²) >= 11 is 6.08. The van der Waals surface area contributed by atoms with Gasteiger partial charge in [-0.1, -0.05) is 31.0 Å². The molecule has 4 nitrogen and oxygen atoms in total. The summed E-state index contributed by atoms with van der Waals surface area (Å²) in [5.41, 5.74) is 3.22. The van der Waals surface area contributed by atoms with Crippen LogP contribution >= 0.6 is 11.6 Å². The van der Waals surface area contributed by atoms with Crippen molar-refractivity contribution < 1.29 is 0 Å². The zero-order valence-electron chi connectivity index (χ0n) is 12.7. The van der Waals surface area contributed by atoms with Gasteiger partial charge in [0.05, 0.1) is 0 Å². The molecule has 0 aliphatic rings. The molecule has 0 saturated heterocycles. The first-order chi connectivity index (χ1) is 10.2. The number of rotatable bonds is 6. The molecule has 1 heterocycles. The van der Waals surface area contributed by atoms with Gasteiger partial charge in [-0.2, -0.15) is 0 Å². The van der Waals surface area contributed by atoms with Gasteiger partial charge in [0, 0.05) is 22.8 Å². The van der Waals surface area contributed by atoms with Gasteiger partial charge in [0.1, 0.15) is 18.0 Å². The van der Waals surface area contributed by atoms with Crippen molar-refractivity contribution in [2.24, 2.45) is 0 Å². The van der Waals surface area contributed by atoms with Crippen LogP contribution in [0.4, 0.5) is 17.3 Å². The molecule has 0 unspecified atom stereocenters. The molecular weight excluding hydrogens is 284 g/mol. The predicted octanol–water partition coefficient (Wildman–Crippen LogP) is 4.57. The van der Waals surface area contributed by atoms with E-state index < -0.39 is 0 Å². The molecule has 21 heavy (non-hydrogen) atoms. The van der Waals surface area contributed by atoms with Crippen LogP contribution in [0, 0.1) is 6.92 Å². The number of anilines is 3. The molecule has 0 saturated carbocycles. The Labute approximate surface area is 131 Å². The molecule has 0 amide bonds. The fourth-order valence-electron chi connectivity index (χ4n) is 2.18. The summed E-state index contributed by atoms with van der Waals surface area (Å²) < 4.78 is 0. The number of aromatic nitrogens is 2. The van der Waals surface area contributed by atoms with Crippen LogP contribution in [-0.4, -0.2) is 16.5 Å². The van der Waals surface area contributed by atoms with E-state index in [-0.39, 0.29) is 0 Å². The highest BCUT2D eigenvalue weighted by atomic mass is 35.5. The first kappa shape index (κ1) is 15.6. The first-order valence-corrected chi connectivity index (χ1v) is 7.64. The summed E-state index contributed by atoms with van der Waals surface area (Å²) in [7, 11) is 0. The normalized spacial score (nSPS) is 10.5. The van der Waals surface area contributed by atoms with Crippen molar-refractivity contribution in [3.05, 3.63) is 40.7 Å². The zero-order chi connectivity index (χ0) is 15.2. The van der Waals surface area contributed by atoms with Crippen molar-refractivity contribution >= 4 is 28.9 Å². The number of hydrogen-bond acceptors (Lipinski definition) is 4. The summed E-state index contributed by atoms with van der Waals surface area (Å²) in [6.45, 7) is 7.09. The van der Waals surface area contributed by atoms with Gasteiger partial charge < -0.3 is 10.6 Å². The summed E-state index contributed by atoms with van der Waals surface area (Å²) in [5.74, 6) is 1.74. The Bertz CT molecular complexity index is 613. The summed E-state index contributed by atoms with van der Waals surface area (Å²) in [6.07, 6.45) is 3.54. The standard InChI is InChI=1S/C16H21ClN4/c1-4-6-13-15(18-5-2)19-10-20-16(13)21-14-9-12(17)8-7-11(14)3/h7-10H,4-6H2,1-3H3,(H2,18,19,20,21). The van der Waals surface area contributed by atoms with E-state index in [2.05, 4.69) is 34.4 Å². The molecule has 0 bridgehead atoms. The molecule has 112 valence electrons. The minimum absolute atomic E-state index is 0.709. The number of nitrogens with zero attached hydrogens (tertiary/aromatic N) is 2. The fourth-order valence-corrected chi connectivity index (χ4v) is 2.36. The molecule has 0 radical (unpaired) electrons. The minimum atomic E-state index is 0.709. The molecule has 0 aliphatic heterocycles. The van der Waals surface area contributed by atoms with Crippen LogP contribution < -0.4 is 10.6 Å². The highest BCUT2D eigenvalue weighted by Crippen LogP contribution is 2.28. The number of benzene rings is 1. The van der Waals surface area contributed by atoms with Gasteiger partial charge in [-0.25, -0.2) is 9.97 Å². The maximum Gasteiger partial charge on any atom is 0.139 e. The Balaban J connectivity index is 2.38. The average molecular weight is 305 g/mol. The fraction of sp³-hybridized carbons (Fsp3) is 0.375. The lowest BCUT2D eigenvalue weighted by Crippen LogP contribution is -2.08. The molecule has 2 N–H and O–H groups in total. The third kappa shape index (κ3) is 3.85. The SMILES string of the molecule is CCCc1c(NCC)ncnc1Nc1cc(Cl)ccc1C. The Kier molecular flexibility index (Phi) is 5.39. The van der Waals surface area contributed by atoms with Crippen molar-refractivity contribution in [1.82, 2.24) is 9.97 Å². The largest absolute Gasteiger partial charge is 0.370 e. The van der Waals surface area contributed by atoms with E-state index in [0.29, 0.717) is 5.02 Å². The van der Waals surface area contributed by atoms with Crippen molar-refractivity contribution in [1.29, 1.82) is 0 Å². The van der Waals surface area contributed by atoms with Crippen molar-refractivity contribution in [2.45, 2.75) is 33.6 Å². The van der Waals surface area contributed by atoms with E-state index in [1.807, 2.05) is 25.1 Å². The van der Waals surface area contributed by atoms with Gasteiger partial charge >= 0.3 is 0 Å². The third-order valence-electron chi connectivity index (χ3n) is 3.24. The molecule has 0 spiro atoms. The van der Waals surface area contributed by atoms with E-state index >= 15 is 0 Å². The quantitative estimate of drug-likeness (QED) is 0.821. The second-order valence-corrected chi connectivity index (χ2v) is 5.35. The second-order valence-electron chi connectivity index (χ2n) is 4.91. The van der Waals surface area contributed by atoms with Crippen LogP contribution in [0.1, 0.15) is 31.4 Å². The summed E-state index contributed by atoms with van der Waals surface area (Å²) in [6, 6.07) is 5.80. The molecule has 0 fully saturated rings. The lowest BCUT2D eigenvalue weighted by Gasteiger charge is -2.15. The Morgan fingerprint density at radius 3 is 2.62 bits per heavy atom. The van der Waals surface area contributed by atoms with Gasteiger partial charge in [-0.15, -0.1) is 0 Å². The highest BCUT2D eigenvalue weighted by Gasteiger charge is 2.11. The molecule has 1 aromatic heterocycles. The van der Waals surface area contributed by atoms with Gasteiger partial charge in [-0.05, 0) is 38.0 Å². The first-order valence-electron chi connectivity index (χ1n) is 7.26. The van der Waals surface area contributed by atoms with Crippen molar-refractivity contribution in [2.75, 3.05) is 17.2 Å². The molecule has 0 aliphatic carbocycles. The van der Waals surface area contributed by atoms with E-state index in [0.717, 1.165) is 47.8 Å². The van der Waals surface area contributed by atoms with Crippen LogP contribution in [0.25, 0.3) is 0 Å². The highest BCUT2D eigenvalue weighted by molar-refractivity contribution is 6.30. The van der Waals surface area contributed by atoms with Gasteiger partial charge in [0.15, 0.2) is 0 Å². The molecule has 5 heteroatoms. The number of aryl methyl sites for hydroxylation is 1. The monoisotopic (exact) mass is 304 g/mol. The topological polar surface area (TPSA) is 49.8 Å². The molecule has 0 atom stereocenters. The lowest BCUT2D eigenvalue weighted by atomic mass is 10.1. The van der Waals surface area contributed by atoms with Gasteiger partial charge in [0.25, 0.3) is 0 Å². The Hall–Kier alpha value is -1.81. The Morgan fingerprint density at radius 2 is 1.90 bits per heavy atom. The smallest absolute Gasteiger partial charge is 0.139 e. The van der Waals surface area contributed by atoms with Crippen LogP contribution in [0.3, 0.4) is 0 Å². The lowest BCUT2D eigenvalue weighted by molar-refractivity contribution is 0.902. The summed E-state index contributed by atoms with van der Waals surface area (Å²) in [5, 5.41) is 7.39. The predicted molar refractivity (Wildman–Crippen MR) is 89.7 cm³/mol. The average Bonchev–Trinajstić information content (AvgIpc) is 2.46. The number of halogens is 1. The van der Waals surface area contributed by atoms with Crippen LogP contribution in [0.15, 0.2) is 24.5 Å². The summed E-state index contributed by atoms with van der Waals surface area (Å²) in [4.78, 5) is 8.74. The number of nitrogens with one attached hydrogen (secondary N) is 2. The van der Waals surface area contributed by atoms with E-state index in [9.17, 15) is 0 Å². The van der Waals surface area contributed by atoms with Crippen LogP contribution in [0.2, 0.25) is 5.02 Å². The molecular formula is C16H21ClN4. The minimum Gasteiger partial charge on any atom is -0.370 e. The van der Waals surface area contributed by atoms with Crippen LogP contribution in [-0.2, 0) is 6.42 Å². The van der Waals surface area contributed by atoms with Crippen molar-refractivity contribution in [3.8, 4) is 0 Å². The second kappa shape index (κ2) is 7.27. The Morgan fingerprint density at radius 1 is 1.14 bits per heavy atom. The van der Waals surface area contributed by atoms with Gasteiger partial charge in [0.2, 0.25) is 0 Å². The zero-order valence-corrected chi connectivity index (χ0v) is 13.5. The maximum atomic E-state index is 6.08. The molecule has 1 aromatic carbocycles. The van der Waals surface area contributed by atoms with E-state index in [4.69, 9.17) is 11.6 Å². The van der Waals surface area contributed by atoms with Crippen LogP contribution in [0.5, 0.6) is 0 Å². The van der Waals surface area contributed by atoms with E-state index in [1.54, 1.807) is 6.33 Å². The third-order valence-corrected chi connectivity index (χ3v) is 3.48. The van der Waals surface area contributed by atoms with Crippen molar-refractivity contribution in [3.63, 3.8) is 0 Å².